The smallest absolute Gasteiger partial charge is 0.123 e. The minimum atomic E-state index is 0.724. The molecule has 1 N–H and O–H groups in total. The first kappa shape index (κ1) is 15.1. The molecule has 0 saturated heterocycles. The molecule has 0 bridgehead atoms. The van der Waals surface area contributed by atoms with Crippen LogP contribution in [0.4, 0.5) is 0 Å². The fraction of sp³-hybridized carbons (Fsp3) is 0.529. The predicted octanol–water partition coefficient (Wildman–Crippen LogP) is 2.83. The number of rotatable bonds is 10. The highest BCUT2D eigenvalue weighted by atomic mass is 16.5. The Morgan fingerprint density at radius 1 is 1.40 bits per heavy atom. The summed E-state index contributed by atoms with van der Waals surface area (Å²) < 4.78 is 5.95. The summed E-state index contributed by atoms with van der Waals surface area (Å²) in [5, 5.41) is 3.54. The van der Waals surface area contributed by atoms with E-state index in [1.54, 1.807) is 0 Å². The summed E-state index contributed by atoms with van der Waals surface area (Å²) in [5.74, 6) is 1.01. The minimum absolute atomic E-state index is 0.724. The van der Waals surface area contributed by atoms with Gasteiger partial charge in [-0.05, 0) is 25.5 Å². The van der Waals surface area contributed by atoms with Crippen LogP contribution in [-0.2, 0) is 6.54 Å². The van der Waals surface area contributed by atoms with Gasteiger partial charge in [-0.2, -0.15) is 0 Å². The predicted molar refractivity (Wildman–Crippen MR) is 84.1 cm³/mol. The molecular weight excluding hydrogens is 248 g/mol. The van der Waals surface area contributed by atoms with Gasteiger partial charge in [-0.25, -0.2) is 0 Å². The molecule has 1 fully saturated rings. The van der Waals surface area contributed by atoms with E-state index in [0.717, 1.165) is 44.6 Å². The molecule has 0 amide bonds. The number of nitrogens with zero attached hydrogens (tertiary/aromatic N) is 1. The van der Waals surface area contributed by atoms with E-state index >= 15 is 0 Å². The van der Waals surface area contributed by atoms with Gasteiger partial charge in [0.05, 0.1) is 0 Å². The van der Waals surface area contributed by atoms with Gasteiger partial charge in [0.25, 0.3) is 0 Å². The lowest BCUT2D eigenvalue weighted by Crippen LogP contribution is -2.28. The Hall–Kier alpha value is -1.32. The Morgan fingerprint density at radius 3 is 2.90 bits per heavy atom. The zero-order valence-corrected chi connectivity index (χ0v) is 12.5. The van der Waals surface area contributed by atoms with Crippen molar-refractivity contribution < 1.29 is 4.74 Å². The van der Waals surface area contributed by atoms with Gasteiger partial charge in [0, 0.05) is 31.2 Å². The van der Waals surface area contributed by atoms with Gasteiger partial charge in [-0.1, -0.05) is 31.2 Å². The summed E-state index contributed by atoms with van der Waals surface area (Å²) in [4.78, 5) is 2.32. The fourth-order valence-electron chi connectivity index (χ4n) is 2.18. The van der Waals surface area contributed by atoms with Gasteiger partial charge in [-0.3, -0.25) is 4.90 Å². The second-order valence-electron chi connectivity index (χ2n) is 5.29. The van der Waals surface area contributed by atoms with E-state index in [2.05, 4.69) is 41.9 Å². The van der Waals surface area contributed by atoms with Crippen LogP contribution < -0.4 is 10.1 Å². The van der Waals surface area contributed by atoms with E-state index in [1.165, 1.54) is 18.4 Å². The maximum atomic E-state index is 5.95. The lowest BCUT2D eigenvalue weighted by Gasteiger charge is -2.19. The molecule has 0 aromatic heterocycles. The number of hydrogen-bond acceptors (Lipinski definition) is 3. The normalized spacial score (nSPS) is 14.5. The molecule has 1 aromatic carbocycles. The van der Waals surface area contributed by atoms with Crippen molar-refractivity contribution in [3.05, 3.63) is 42.5 Å². The van der Waals surface area contributed by atoms with Gasteiger partial charge in [0.2, 0.25) is 0 Å². The SMILES string of the molecule is C=CCN(CC)CCOc1ccccc1CNC1CC1. The number of hydrogen-bond donors (Lipinski definition) is 1. The highest BCUT2D eigenvalue weighted by Gasteiger charge is 2.20. The number of ether oxygens (including phenoxy) is 1. The van der Waals surface area contributed by atoms with E-state index < -0.39 is 0 Å². The molecule has 1 saturated carbocycles. The third kappa shape index (κ3) is 4.99. The van der Waals surface area contributed by atoms with Crippen LogP contribution in [0.5, 0.6) is 5.75 Å². The number of likely N-dealkylation sites (N-methyl/N-ethyl adjacent to an activating group) is 1. The molecular formula is C17H26N2O. The molecule has 0 heterocycles. The number of nitrogens with one attached hydrogen (secondary N) is 1. The fourth-order valence-corrected chi connectivity index (χ4v) is 2.18. The Kier molecular flexibility index (Phi) is 6.09. The van der Waals surface area contributed by atoms with Crippen molar-refractivity contribution in [1.82, 2.24) is 10.2 Å². The maximum Gasteiger partial charge on any atom is 0.123 e. The standard InChI is InChI=1S/C17H26N2O/c1-3-11-19(4-2)12-13-20-17-8-6-5-7-15(17)14-18-16-9-10-16/h3,5-8,16,18H,1,4,9-14H2,2H3. The Bertz CT molecular complexity index is 415. The summed E-state index contributed by atoms with van der Waals surface area (Å²) in [6.45, 7) is 10.5. The van der Waals surface area contributed by atoms with E-state index in [0.29, 0.717) is 0 Å². The van der Waals surface area contributed by atoms with Crippen molar-refractivity contribution >= 4 is 0 Å². The van der Waals surface area contributed by atoms with Gasteiger partial charge in [0.15, 0.2) is 0 Å². The number of benzene rings is 1. The zero-order valence-electron chi connectivity index (χ0n) is 12.5. The van der Waals surface area contributed by atoms with Gasteiger partial charge in [0.1, 0.15) is 12.4 Å². The largest absolute Gasteiger partial charge is 0.492 e. The minimum Gasteiger partial charge on any atom is -0.492 e. The Balaban J connectivity index is 1.79. The van der Waals surface area contributed by atoms with Gasteiger partial charge >= 0.3 is 0 Å². The molecule has 1 aromatic rings. The van der Waals surface area contributed by atoms with Gasteiger partial charge < -0.3 is 10.1 Å². The Labute approximate surface area is 122 Å². The summed E-state index contributed by atoms with van der Waals surface area (Å²) in [7, 11) is 0. The molecule has 1 aliphatic rings. The molecule has 0 spiro atoms. The van der Waals surface area contributed by atoms with Gasteiger partial charge in [-0.15, -0.1) is 6.58 Å². The van der Waals surface area contributed by atoms with Crippen LogP contribution in [0.25, 0.3) is 0 Å². The average molecular weight is 274 g/mol. The third-order valence-electron chi connectivity index (χ3n) is 3.63. The van der Waals surface area contributed by atoms with Crippen LogP contribution in [0.2, 0.25) is 0 Å². The van der Waals surface area contributed by atoms with Crippen molar-refractivity contribution in [3.63, 3.8) is 0 Å². The summed E-state index contributed by atoms with van der Waals surface area (Å²) >= 11 is 0. The molecule has 110 valence electrons. The molecule has 1 aliphatic carbocycles. The molecule has 3 nitrogen and oxygen atoms in total. The zero-order chi connectivity index (χ0) is 14.2. The van der Waals surface area contributed by atoms with E-state index in [4.69, 9.17) is 4.74 Å². The quantitative estimate of drug-likeness (QED) is 0.664. The van der Waals surface area contributed by atoms with E-state index in [-0.39, 0.29) is 0 Å². The monoisotopic (exact) mass is 274 g/mol. The van der Waals surface area contributed by atoms with E-state index in [9.17, 15) is 0 Å². The van der Waals surface area contributed by atoms with E-state index in [1.807, 2.05) is 12.1 Å². The first-order valence-corrected chi connectivity index (χ1v) is 7.60. The second kappa shape index (κ2) is 8.08. The summed E-state index contributed by atoms with van der Waals surface area (Å²) in [6, 6.07) is 9.05. The van der Waals surface area contributed by atoms with Crippen LogP contribution in [0.15, 0.2) is 36.9 Å². The van der Waals surface area contributed by atoms with Crippen molar-refractivity contribution in [2.75, 3.05) is 26.2 Å². The number of para-hydroxylation sites is 1. The lowest BCUT2D eigenvalue weighted by molar-refractivity contribution is 0.228. The topological polar surface area (TPSA) is 24.5 Å². The average Bonchev–Trinajstić information content (AvgIpc) is 3.29. The molecule has 0 atom stereocenters. The molecule has 0 aliphatic heterocycles. The lowest BCUT2D eigenvalue weighted by atomic mass is 10.2. The first-order chi connectivity index (χ1) is 9.83. The van der Waals surface area contributed by atoms with Crippen LogP contribution in [0.1, 0.15) is 25.3 Å². The molecule has 3 heteroatoms. The first-order valence-electron chi connectivity index (χ1n) is 7.60. The van der Waals surface area contributed by atoms with Crippen LogP contribution in [-0.4, -0.2) is 37.2 Å². The molecule has 2 rings (SSSR count). The third-order valence-corrected chi connectivity index (χ3v) is 3.63. The molecule has 20 heavy (non-hydrogen) atoms. The van der Waals surface area contributed by atoms with Crippen molar-refractivity contribution in [1.29, 1.82) is 0 Å². The highest BCUT2D eigenvalue weighted by Crippen LogP contribution is 2.22. The molecule has 0 unspecified atom stereocenters. The summed E-state index contributed by atoms with van der Waals surface area (Å²) in [6.07, 6.45) is 4.57. The second-order valence-corrected chi connectivity index (χ2v) is 5.29. The summed E-state index contributed by atoms with van der Waals surface area (Å²) in [5.41, 5.74) is 1.26. The Morgan fingerprint density at radius 2 is 2.20 bits per heavy atom. The highest BCUT2D eigenvalue weighted by molar-refractivity contribution is 5.33. The van der Waals surface area contributed by atoms with Crippen molar-refractivity contribution in [2.45, 2.75) is 32.4 Å². The molecule has 0 radical (unpaired) electrons. The van der Waals surface area contributed by atoms with Crippen LogP contribution >= 0.6 is 0 Å². The van der Waals surface area contributed by atoms with Crippen LogP contribution in [0, 0.1) is 0 Å². The van der Waals surface area contributed by atoms with Crippen molar-refractivity contribution in [2.24, 2.45) is 0 Å². The van der Waals surface area contributed by atoms with Crippen LogP contribution in [0.3, 0.4) is 0 Å². The maximum absolute atomic E-state index is 5.95. The van der Waals surface area contributed by atoms with Crippen molar-refractivity contribution in [3.8, 4) is 5.75 Å².